The molecule has 0 heterocycles. The van der Waals surface area contributed by atoms with E-state index >= 15 is 0 Å². The molecule has 86 valence electrons. The lowest BCUT2D eigenvalue weighted by atomic mass is 10.2. The van der Waals surface area contributed by atoms with Gasteiger partial charge in [-0.3, -0.25) is 9.59 Å². The third-order valence-corrected chi connectivity index (χ3v) is 3.00. The molecule has 0 aromatic heterocycles. The minimum atomic E-state index is -0.994. The van der Waals surface area contributed by atoms with Crippen molar-refractivity contribution in [3.8, 4) is 11.1 Å². The molecule has 0 unspecified atom stereocenters. The molecule has 0 spiro atoms. The Morgan fingerprint density at radius 1 is 1.25 bits per heavy atom. The number of carboxylic acid groups (broad SMARTS) is 1. The van der Waals surface area contributed by atoms with Crippen molar-refractivity contribution >= 4 is 22.8 Å². The number of carbonyl (C=O) groups is 2. The zero-order chi connectivity index (χ0) is 12.3. The minimum absolute atomic E-state index is 0.174. The molecule has 0 radical (unpaired) electrons. The lowest BCUT2D eigenvalue weighted by Gasteiger charge is -2.15. The smallest absolute Gasteiger partial charge is 0.319 e. The van der Waals surface area contributed by atoms with E-state index in [-0.39, 0.29) is 5.12 Å². The molecule has 16 heavy (non-hydrogen) atoms. The molecule has 2 rings (SSSR count). The molecular formula is C12H14O3S. The third kappa shape index (κ3) is 3.70. The molecule has 0 amide bonds. The highest BCUT2D eigenvalue weighted by Gasteiger charge is 2.29. The SMILES string of the molecule is CC(=O)SC(C)(C)C(=O)O.c1cc2cc-2c1. The van der Waals surface area contributed by atoms with Gasteiger partial charge in [0, 0.05) is 6.92 Å². The molecule has 0 saturated carbocycles. The molecule has 2 aliphatic rings. The molecule has 0 atom stereocenters. The molecule has 4 heteroatoms. The summed E-state index contributed by atoms with van der Waals surface area (Å²) in [5, 5.41) is 8.34. The van der Waals surface area contributed by atoms with Gasteiger partial charge in [-0.05, 0) is 31.0 Å². The summed E-state index contributed by atoms with van der Waals surface area (Å²) in [7, 11) is 0. The maximum atomic E-state index is 10.5. The summed E-state index contributed by atoms with van der Waals surface area (Å²) < 4.78 is -0.994. The topological polar surface area (TPSA) is 54.4 Å². The maximum absolute atomic E-state index is 10.5. The van der Waals surface area contributed by atoms with Gasteiger partial charge in [-0.25, -0.2) is 0 Å². The number of thioether (sulfide) groups is 1. The van der Waals surface area contributed by atoms with E-state index in [0.29, 0.717) is 0 Å². The Morgan fingerprint density at radius 2 is 1.75 bits per heavy atom. The monoisotopic (exact) mass is 238 g/mol. The van der Waals surface area contributed by atoms with Crippen LogP contribution in [-0.4, -0.2) is 20.9 Å². The van der Waals surface area contributed by atoms with Crippen molar-refractivity contribution < 1.29 is 14.7 Å². The zero-order valence-electron chi connectivity index (χ0n) is 9.48. The minimum Gasteiger partial charge on any atom is -0.480 e. The van der Waals surface area contributed by atoms with E-state index in [1.807, 2.05) is 0 Å². The van der Waals surface area contributed by atoms with Crippen LogP contribution in [0.1, 0.15) is 20.8 Å². The Kier molecular flexibility index (Phi) is 3.75. The molecule has 0 fully saturated rings. The Balaban J connectivity index is 0.000000176. The Bertz CT molecular complexity index is 407. The van der Waals surface area contributed by atoms with Crippen molar-refractivity contribution in [2.24, 2.45) is 0 Å². The first-order valence-electron chi connectivity index (χ1n) is 4.86. The van der Waals surface area contributed by atoms with Crippen molar-refractivity contribution in [2.75, 3.05) is 0 Å². The summed E-state index contributed by atoms with van der Waals surface area (Å²) in [4.78, 5) is 20.8. The second-order valence-electron chi connectivity index (χ2n) is 3.99. The first-order chi connectivity index (χ1) is 7.33. The van der Waals surface area contributed by atoms with E-state index in [4.69, 9.17) is 5.11 Å². The van der Waals surface area contributed by atoms with Gasteiger partial charge in [-0.1, -0.05) is 30.0 Å². The molecule has 0 saturated heterocycles. The van der Waals surface area contributed by atoms with E-state index in [1.165, 1.54) is 31.9 Å². The van der Waals surface area contributed by atoms with E-state index in [0.717, 1.165) is 11.8 Å². The van der Waals surface area contributed by atoms with Crippen LogP contribution in [0.2, 0.25) is 0 Å². The van der Waals surface area contributed by atoms with Crippen LogP contribution in [-0.2, 0) is 9.59 Å². The fraction of sp³-hybridized carbons (Fsp3) is 0.333. The van der Waals surface area contributed by atoms with Crippen molar-refractivity contribution in [3.05, 3.63) is 24.3 Å². The summed E-state index contributed by atoms with van der Waals surface area (Å²) in [6.45, 7) is 4.36. The Labute approximate surface area is 98.9 Å². The molecule has 0 aliphatic heterocycles. The quantitative estimate of drug-likeness (QED) is 0.874. The summed E-state index contributed by atoms with van der Waals surface area (Å²) in [5.74, 6) is -0.965. The van der Waals surface area contributed by atoms with Gasteiger partial charge in [-0.15, -0.1) is 0 Å². The molecule has 0 aromatic carbocycles. The average molecular weight is 238 g/mol. The Hall–Kier alpha value is -1.29. The van der Waals surface area contributed by atoms with Gasteiger partial charge in [0.25, 0.3) is 0 Å². The summed E-state index contributed by atoms with van der Waals surface area (Å²) in [6, 6.07) is 8.48. The van der Waals surface area contributed by atoms with E-state index in [1.54, 1.807) is 0 Å². The molecular weight excluding hydrogens is 224 g/mol. The number of benzene rings is 1. The van der Waals surface area contributed by atoms with Crippen LogP contribution in [0.3, 0.4) is 0 Å². The predicted molar refractivity (Wildman–Crippen MR) is 65.4 cm³/mol. The van der Waals surface area contributed by atoms with Crippen LogP contribution in [0.25, 0.3) is 11.1 Å². The van der Waals surface area contributed by atoms with Gasteiger partial charge in [0.2, 0.25) is 0 Å². The van der Waals surface area contributed by atoms with Crippen LogP contribution < -0.4 is 0 Å². The van der Waals surface area contributed by atoms with Crippen molar-refractivity contribution in [3.63, 3.8) is 0 Å². The number of fused-ring (bicyclic) bond motifs is 1. The van der Waals surface area contributed by atoms with Crippen molar-refractivity contribution in [2.45, 2.75) is 25.5 Å². The first kappa shape index (κ1) is 12.8. The second kappa shape index (κ2) is 4.70. The largest absolute Gasteiger partial charge is 0.480 e. The van der Waals surface area contributed by atoms with Crippen LogP contribution in [0, 0.1) is 0 Å². The molecule has 1 N–H and O–H groups in total. The summed E-state index contributed by atoms with van der Waals surface area (Å²) in [6.07, 6.45) is 0. The normalized spacial score (nSPS) is 11.2. The molecule has 2 aliphatic carbocycles. The zero-order valence-corrected chi connectivity index (χ0v) is 10.3. The standard InChI is InChI=1S/C6H10O3S.C6H4/c1-4(7)10-6(2,3)5(8)9;1-2-5-4-6(5)3-1/h1-3H3,(H,8,9);1-4H. The van der Waals surface area contributed by atoms with E-state index < -0.39 is 10.7 Å². The van der Waals surface area contributed by atoms with Crippen LogP contribution in [0.15, 0.2) is 24.3 Å². The molecule has 3 nitrogen and oxygen atoms in total. The summed E-state index contributed by atoms with van der Waals surface area (Å²) in [5.41, 5.74) is 2.85. The maximum Gasteiger partial charge on any atom is 0.319 e. The number of aliphatic carboxylic acids is 1. The first-order valence-corrected chi connectivity index (χ1v) is 5.68. The van der Waals surface area contributed by atoms with E-state index in [9.17, 15) is 9.59 Å². The van der Waals surface area contributed by atoms with Gasteiger partial charge in [0.1, 0.15) is 4.75 Å². The van der Waals surface area contributed by atoms with Gasteiger partial charge in [-0.2, -0.15) is 0 Å². The number of carboxylic acids is 1. The van der Waals surface area contributed by atoms with Crippen molar-refractivity contribution in [1.29, 1.82) is 0 Å². The van der Waals surface area contributed by atoms with Crippen LogP contribution >= 0.6 is 11.8 Å². The highest BCUT2D eigenvalue weighted by atomic mass is 32.2. The lowest BCUT2D eigenvalue weighted by Crippen LogP contribution is -2.28. The van der Waals surface area contributed by atoms with Crippen LogP contribution in [0.4, 0.5) is 0 Å². The fourth-order valence-electron chi connectivity index (χ4n) is 1.08. The highest BCUT2D eigenvalue weighted by molar-refractivity contribution is 8.15. The summed E-state index contributed by atoms with van der Waals surface area (Å²) >= 11 is 0.826. The van der Waals surface area contributed by atoms with E-state index in [2.05, 4.69) is 24.3 Å². The average Bonchev–Trinajstić information content (AvgIpc) is 2.72. The molecule has 0 bridgehead atoms. The fourth-order valence-corrected chi connectivity index (χ4v) is 1.88. The lowest BCUT2D eigenvalue weighted by molar-refractivity contribution is -0.139. The van der Waals surface area contributed by atoms with Crippen molar-refractivity contribution in [1.82, 2.24) is 0 Å². The number of hydrogen-bond donors (Lipinski definition) is 1. The number of hydrogen-bond acceptors (Lipinski definition) is 3. The van der Waals surface area contributed by atoms with Gasteiger partial charge in [0.05, 0.1) is 0 Å². The third-order valence-electron chi connectivity index (χ3n) is 2.03. The predicted octanol–water partition coefficient (Wildman–Crippen LogP) is 2.80. The number of rotatable bonds is 2. The Morgan fingerprint density at radius 3 is 1.88 bits per heavy atom. The van der Waals surface area contributed by atoms with Gasteiger partial charge in [0.15, 0.2) is 5.12 Å². The van der Waals surface area contributed by atoms with Crippen LogP contribution in [0.5, 0.6) is 0 Å². The second-order valence-corrected chi connectivity index (χ2v) is 5.79. The number of carbonyl (C=O) groups excluding carboxylic acids is 1. The molecule has 0 aromatic rings. The van der Waals surface area contributed by atoms with Gasteiger partial charge < -0.3 is 5.11 Å². The highest BCUT2D eigenvalue weighted by Crippen LogP contribution is 2.32. The van der Waals surface area contributed by atoms with Gasteiger partial charge >= 0.3 is 5.97 Å².